The fourth-order valence-electron chi connectivity index (χ4n) is 1.45. The Hall–Kier alpha value is -1.75. The summed E-state index contributed by atoms with van der Waals surface area (Å²) in [6.45, 7) is 1.96. The van der Waals surface area contributed by atoms with Gasteiger partial charge in [0.1, 0.15) is 5.75 Å². The quantitative estimate of drug-likeness (QED) is 0.881. The molecule has 1 heterocycles. The normalized spacial score (nSPS) is 10.2. The number of aryl methyl sites for hydroxylation is 1. The van der Waals surface area contributed by atoms with Crippen LogP contribution in [0, 0.1) is 6.92 Å². The van der Waals surface area contributed by atoms with Crippen molar-refractivity contribution in [2.75, 3.05) is 12.8 Å². The molecule has 0 atom stereocenters. The van der Waals surface area contributed by atoms with E-state index in [4.69, 9.17) is 15.2 Å². The summed E-state index contributed by atoms with van der Waals surface area (Å²) in [6.07, 6.45) is 1.74. The van der Waals surface area contributed by atoms with Crippen LogP contribution in [-0.2, 0) is 0 Å². The zero-order valence-electron chi connectivity index (χ0n) is 10.1. The predicted molar refractivity (Wildman–Crippen MR) is 74.2 cm³/mol. The molecule has 1 aromatic carbocycles. The second kappa shape index (κ2) is 5.27. The topological polar surface area (TPSA) is 57.4 Å². The Labute approximate surface area is 114 Å². The third-order valence-corrected chi connectivity index (χ3v) is 2.94. The molecule has 94 valence electrons. The van der Waals surface area contributed by atoms with Gasteiger partial charge in [-0.1, -0.05) is 0 Å². The lowest BCUT2D eigenvalue weighted by Gasteiger charge is -2.10. The van der Waals surface area contributed by atoms with E-state index in [9.17, 15) is 0 Å². The summed E-state index contributed by atoms with van der Waals surface area (Å²) in [5, 5.41) is 0. The summed E-state index contributed by atoms with van der Waals surface area (Å²) >= 11 is 3.40. The number of hydrogen-bond acceptors (Lipinski definition) is 4. The van der Waals surface area contributed by atoms with Crippen molar-refractivity contribution in [1.82, 2.24) is 4.98 Å². The molecule has 4 nitrogen and oxygen atoms in total. The molecular weight excluding hydrogens is 296 g/mol. The fraction of sp³-hybridized carbons (Fsp3) is 0.154. The number of nitrogens with two attached hydrogens (primary N) is 1. The number of rotatable bonds is 3. The molecule has 0 fully saturated rings. The zero-order valence-corrected chi connectivity index (χ0v) is 11.7. The number of methoxy groups -OCH3 is 1. The van der Waals surface area contributed by atoms with Crippen LogP contribution in [0.15, 0.2) is 34.9 Å². The first kappa shape index (κ1) is 12.7. The zero-order chi connectivity index (χ0) is 13.1. The van der Waals surface area contributed by atoms with Gasteiger partial charge in [0.2, 0.25) is 5.88 Å². The number of aromatic nitrogens is 1. The van der Waals surface area contributed by atoms with E-state index < -0.39 is 0 Å². The summed E-state index contributed by atoms with van der Waals surface area (Å²) in [5.41, 5.74) is 7.43. The minimum absolute atomic E-state index is 0.484. The van der Waals surface area contributed by atoms with Gasteiger partial charge in [0, 0.05) is 12.3 Å². The number of anilines is 1. The van der Waals surface area contributed by atoms with Gasteiger partial charge in [-0.2, -0.15) is 0 Å². The summed E-state index contributed by atoms with van der Waals surface area (Å²) in [5.74, 6) is 1.72. The summed E-state index contributed by atoms with van der Waals surface area (Å²) < 4.78 is 11.5. The van der Waals surface area contributed by atoms with Gasteiger partial charge in [-0.3, -0.25) is 0 Å². The molecule has 0 aliphatic carbocycles. The van der Waals surface area contributed by atoms with Crippen LogP contribution >= 0.6 is 15.9 Å². The predicted octanol–water partition coefficient (Wildman–Crippen LogP) is 3.54. The first-order valence-electron chi connectivity index (χ1n) is 5.33. The molecule has 0 radical (unpaired) electrons. The number of benzene rings is 1. The van der Waals surface area contributed by atoms with E-state index in [1.54, 1.807) is 31.5 Å². The molecule has 0 spiro atoms. The van der Waals surface area contributed by atoms with Gasteiger partial charge in [0.05, 0.1) is 17.3 Å². The molecule has 1 aromatic heterocycles. The molecular formula is C13H13BrN2O2. The Bertz CT molecular complexity index is 573. The van der Waals surface area contributed by atoms with Crippen LogP contribution in [0.5, 0.6) is 17.4 Å². The van der Waals surface area contributed by atoms with Gasteiger partial charge >= 0.3 is 0 Å². The Morgan fingerprint density at radius 2 is 2.06 bits per heavy atom. The highest BCUT2D eigenvalue weighted by molar-refractivity contribution is 9.10. The largest absolute Gasteiger partial charge is 0.497 e. The molecule has 2 rings (SSSR count). The number of halogens is 1. The number of nitrogen functional groups attached to an aromatic ring is 1. The van der Waals surface area contributed by atoms with Crippen molar-refractivity contribution in [3.8, 4) is 17.4 Å². The third kappa shape index (κ3) is 2.73. The van der Waals surface area contributed by atoms with Gasteiger partial charge in [0.25, 0.3) is 0 Å². The molecule has 0 amide bonds. The van der Waals surface area contributed by atoms with E-state index in [0.29, 0.717) is 23.1 Å². The fourth-order valence-corrected chi connectivity index (χ4v) is 1.99. The Balaban J connectivity index is 2.28. The molecule has 0 saturated heterocycles. The lowest BCUT2D eigenvalue weighted by molar-refractivity contribution is 0.412. The Kier molecular flexibility index (Phi) is 3.72. The number of pyridine rings is 1. The molecule has 0 unspecified atom stereocenters. The maximum Gasteiger partial charge on any atom is 0.233 e. The smallest absolute Gasteiger partial charge is 0.233 e. The lowest BCUT2D eigenvalue weighted by Crippen LogP contribution is -1.95. The monoisotopic (exact) mass is 308 g/mol. The van der Waals surface area contributed by atoms with Crippen LogP contribution in [-0.4, -0.2) is 12.1 Å². The molecule has 2 N–H and O–H groups in total. The second-order valence-electron chi connectivity index (χ2n) is 3.81. The van der Waals surface area contributed by atoms with Crippen molar-refractivity contribution in [3.63, 3.8) is 0 Å². The average Bonchev–Trinajstić information content (AvgIpc) is 2.34. The Morgan fingerprint density at radius 3 is 2.67 bits per heavy atom. The summed E-state index contributed by atoms with van der Waals surface area (Å²) in [7, 11) is 1.59. The van der Waals surface area contributed by atoms with E-state index in [-0.39, 0.29) is 0 Å². The van der Waals surface area contributed by atoms with Crippen LogP contribution in [0.1, 0.15) is 5.56 Å². The van der Waals surface area contributed by atoms with E-state index in [0.717, 1.165) is 10.0 Å². The molecule has 18 heavy (non-hydrogen) atoms. The standard InChI is InChI=1S/C13H13BrN2O2/c1-8-5-10(14)13(16-7-8)18-12-4-3-9(17-2)6-11(12)15/h3-7H,15H2,1-2H3. The molecule has 0 bridgehead atoms. The minimum atomic E-state index is 0.484. The van der Waals surface area contributed by atoms with Crippen molar-refractivity contribution in [2.24, 2.45) is 0 Å². The average molecular weight is 309 g/mol. The van der Waals surface area contributed by atoms with E-state index in [2.05, 4.69) is 20.9 Å². The van der Waals surface area contributed by atoms with Crippen LogP contribution in [0.2, 0.25) is 0 Å². The SMILES string of the molecule is COc1ccc(Oc2ncc(C)cc2Br)c(N)c1. The highest BCUT2D eigenvalue weighted by Crippen LogP contribution is 2.33. The first-order chi connectivity index (χ1) is 8.60. The van der Waals surface area contributed by atoms with Crippen LogP contribution in [0.3, 0.4) is 0 Å². The molecule has 2 aromatic rings. The van der Waals surface area contributed by atoms with Gasteiger partial charge in [-0.15, -0.1) is 0 Å². The van der Waals surface area contributed by atoms with Crippen molar-refractivity contribution < 1.29 is 9.47 Å². The summed E-state index contributed by atoms with van der Waals surface area (Å²) in [6, 6.07) is 7.18. The number of hydrogen-bond donors (Lipinski definition) is 1. The Morgan fingerprint density at radius 1 is 1.28 bits per heavy atom. The maximum absolute atomic E-state index is 5.88. The first-order valence-corrected chi connectivity index (χ1v) is 6.13. The maximum atomic E-state index is 5.88. The van der Waals surface area contributed by atoms with Crippen molar-refractivity contribution in [2.45, 2.75) is 6.92 Å². The third-order valence-electron chi connectivity index (χ3n) is 2.37. The van der Waals surface area contributed by atoms with Gasteiger partial charge < -0.3 is 15.2 Å². The van der Waals surface area contributed by atoms with Gasteiger partial charge in [0.15, 0.2) is 5.75 Å². The highest BCUT2D eigenvalue weighted by Gasteiger charge is 2.08. The molecule has 0 saturated carbocycles. The van der Waals surface area contributed by atoms with Crippen molar-refractivity contribution >= 4 is 21.6 Å². The lowest BCUT2D eigenvalue weighted by atomic mass is 10.3. The highest BCUT2D eigenvalue weighted by atomic mass is 79.9. The van der Waals surface area contributed by atoms with E-state index in [1.807, 2.05) is 13.0 Å². The van der Waals surface area contributed by atoms with Crippen molar-refractivity contribution in [1.29, 1.82) is 0 Å². The molecule has 5 heteroatoms. The molecule has 0 aliphatic heterocycles. The van der Waals surface area contributed by atoms with Crippen LogP contribution in [0.25, 0.3) is 0 Å². The van der Waals surface area contributed by atoms with Crippen LogP contribution < -0.4 is 15.2 Å². The van der Waals surface area contributed by atoms with Gasteiger partial charge in [-0.05, 0) is 46.6 Å². The number of ether oxygens (including phenoxy) is 2. The summed E-state index contributed by atoms with van der Waals surface area (Å²) in [4.78, 5) is 4.20. The second-order valence-corrected chi connectivity index (χ2v) is 4.66. The number of nitrogens with zero attached hydrogens (tertiary/aromatic N) is 1. The van der Waals surface area contributed by atoms with Gasteiger partial charge in [-0.25, -0.2) is 4.98 Å². The minimum Gasteiger partial charge on any atom is -0.497 e. The van der Waals surface area contributed by atoms with Crippen molar-refractivity contribution in [3.05, 3.63) is 40.5 Å². The van der Waals surface area contributed by atoms with E-state index in [1.165, 1.54) is 0 Å². The molecule has 0 aliphatic rings. The van der Waals surface area contributed by atoms with E-state index >= 15 is 0 Å². The van der Waals surface area contributed by atoms with Crippen LogP contribution in [0.4, 0.5) is 5.69 Å².